The lowest BCUT2D eigenvalue weighted by molar-refractivity contribution is 0.105. The summed E-state index contributed by atoms with van der Waals surface area (Å²) in [7, 11) is 0. The zero-order chi connectivity index (χ0) is 22.1. The SMILES string of the molecule is CCOc1ccc2cc(C=CC(=O)c3c4ccccc4cc4ccccc34)c(Cl)nc2c1. The summed E-state index contributed by atoms with van der Waals surface area (Å²) in [4.78, 5) is 17.9. The molecule has 156 valence electrons. The predicted molar refractivity (Wildman–Crippen MR) is 133 cm³/mol. The van der Waals surface area contributed by atoms with Gasteiger partial charge in [0.05, 0.1) is 12.1 Å². The van der Waals surface area contributed by atoms with E-state index in [1.54, 1.807) is 12.2 Å². The zero-order valence-corrected chi connectivity index (χ0v) is 18.3. The molecular formula is C28H20ClNO2. The van der Waals surface area contributed by atoms with Gasteiger partial charge in [-0.25, -0.2) is 4.98 Å². The van der Waals surface area contributed by atoms with Gasteiger partial charge in [0.2, 0.25) is 0 Å². The van der Waals surface area contributed by atoms with Gasteiger partial charge >= 0.3 is 0 Å². The minimum absolute atomic E-state index is 0.0687. The highest BCUT2D eigenvalue weighted by Gasteiger charge is 2.13. The Hall–Kier alpha value is -3.69. The van der Waals surface area contributed by atoms with Gasteiger partial charge in [0, 0.05) is 22.6 Å². The summed E-state index contributed by atoms with van der Waals surface area (Å²) in [5, 5.41) is 5.23. The Bertz CT molecular complexity index is 1470. The number of carbonyl (C=O) groups excluding carboxylic acids is 1. The molecule has 4 aromatic carbocycles. The Labute approximate surface area is 190 Å². The molecular weight excluding hydrogens is 418 g/mol. The fraction of sp³-hybridized carbons (Fsp3) is 0.0714. The van der Waals surface area contributed by atoms with Gasteiger partial charge in [-0.05, 0) is 64.9 Å². The van der Waals surface area contributed by atoms with Crippen LogP contribution in [0.1, 0.15) is 22.8 Å². The second-order valence-electron chi connectivity index (χ2n) is 7.55. The molecule has 5 aromatic rings. The van der Waals surface area contributed by atoms with E-state index >= 15 is 0 Å². The van der Waals surface area contributed by atoms with Crippen LogP contribution >= 0.6 is 11.6 Å². The number of hydrogen-bond donors (Lipinski definition) is 0. The van der Waals surface area contributed by atoms with Crippen molar-refractivity contribution in [1.82, 2.24) is 4.98 Å². The van der Waals surface area contributed by atoms with Crippen LogP contribution in [0.15, 0.2) is 84.9 Å². The van der Waals surface area contributed by atoms with Gasteiger partial charge in [0.25, 0.3) is 0 Å². The van der Waals surface area contributed by atoms with Crippen LogP contribution in [0.25, 0.3) is 38.5 Å². The number of benzene rings is 4. The van der Waals surface area contributed by atoms with E-state index in [9.17, 15) is 4.79 Å². The van der Waals surface area contributed by atoms with E-state index < -0.39 is 0 Å². The Balaban J connectivity index is 1.57. The molecule has 0 saturated carbocycles. The van der Waals surface area contributed by atoms with Crippen LogP contribution in [-0.2, 0) is 0 Å². The third kappa shape index (κ3) is 3.72. The van der Waals surface area contributed by atoms with Crippen molar-refractivity contribution in [3.8, 4) is 5.75 Å². The number of aromatic nitrogens is 1. The molecule has 0 spiro atoms. The van der Waals surface area contributed by atoms with Crippen LogP contribution < -0.4 is 4.74 Å². The number of rotatable bonds is 5. The number of nitrogens with zero attached hydrogens (tertiary/aromatic N) is 1. The number of pyridine rings is 1. The third-order valence-corrected chi connectivity index (χ3v) is 5.82. The number of ether oxygens (including phenoxy) is 1. The summed E-state index contributed by atoms with van der Waals surface area (Å²) in [5.74, 6) is 0.686. The Kier molecular flexibility index (Phi) is 5.34. The summed E-state index contributed by atoms with van der Waals surface area (Å²) < 4.78 is 5.54. The molecule has 3 nitrogen and oxygen atoms in total. The molecule has 4 heteroatoms. The van der Waals surface area contributed by atoms with E-state index in [4.69, 9.17) is 16.3 Å². The van der Waals surface area contributed by atoms with Gasteiger partial charge in [-0.3, -0.25) is 4.79 Å². The van der Waals surface area contributed by atoms with Crippen molar-refractivity contribution < 1.29 is 9.53 Å². The molecule has 5 rings (SSSR count). The highest BCUT2D eigenvalue weighted by Crippen LogP contribution is 2.30. The normalized spacial score (nSPS) is 11.6. The van der Waals surface area contributed by atoms with Crippen molar-refractivity contribution >= 4 is 55.9 Å². The molecule has 0 saturated heterocycles. The molecule has 0 atom stereocenters. The summed E-state index contributed by atoms with van der Waals surface area (Å²) >= 11 is 6.44. The van der Waals surface area contributed by atoms with Crippen LogP contribution in [0.3, 0.4) is 0 Å². The van der Waals surface area contributed by atoms with E-state index in [0.717, 1.165) is 38.2 Å². The predicted octanol–water partition coefficient (Wildman–Crippen LogP) is 7.49. The van der Waals surface area contributed by atoms with Gasteiger partial charge in [-0.1, -0.05) is 60.1 Å². The lowest BCUT2D eigenvalue weighted by atomic mass is 9.94. The maximum Gasteiger partial charge on any atom is 0.187 e. The smallest absolute Gasteiger partial charge is 0.187 e. The number of halogens is 1. The molecule has 32 heavy (non-hydrogen) atoms. The first-order chi connectivity index (χ1) is 15.6. The van der Waals surface area contributed by atoms with Crippen molar-refractivity contribution in [1.29, 1.82) is 0 Å². The van der Waals surface area contributed by atoms with E-state index in [1.165, 1.54) is 0 Å². The summed E-state index contributed by atoms with van der Waals surface area (Å²) in [5.41, 5.74) is 2.15. The van der Waals surface area contributed by atoms with E-state index in [-0.39, 0.29) is 5.78 Å². The Morgan fingerprint density at radius 1 is 0.906 bits per heavy atom. The lowest BCUT2D eigenvalue weighted by Gasteiger charge is -2.09. The minimum Gasteiger partial charge on any atom is -0.494 e. The average molecular weight is 438 g/mol. The monoisotopic (exact) mass is 437 g/mol. The summed E-state index contributed by atoms with van der Waals surface area (Å²) in [6, 6.07) is 25.7. The van der Waals surface area contributed by atoms with Crippen molar-refractivity contribution in [2.75, 3.05) is 6.61 Å². The number of carbonyl (C=O) groups is 1. The Morgan fingerprint density at radius 3 is 2.28 bits per heavy atom. The number of allylic oxidation sites excluding steroid dienone is 1. The highest BCUT2D eigenvalue weighted by molar-refractivity contribution is 6.31. The quantitative estimate of drug-likeness (QED) is 0.124. The molecule has 0 fully saturated rings. The zero-order valence-electron chi connectivity index (χ0n) is 17.5. The molecule has 0 aliphatic carbocycles. The van der Waals surface area contributed by atoms with Gasteiger partial charge in [0.1, 0.15) is 10.9 Å². The van der Waals surface area contributed by atoms with Crippen LogP contribution in [0.5, 0.6) is 5.75 Å². The maximum atomic E-state index is 13.4. The second kappa shape index (κ2) is 8.45. The van der Waals surface area contributed by atoms with Crippen LogP contribution in [0.4, 0.5) is 0 Å². The Morgan fingerprint density at radius 2 is 1.59 bits per heavy atom. The maximum absolute atomic E-state index is 13.4. The molecule has 0 aliphatic heterocycles. The summed E-state index contributed by atoms with van der Waals surface area (Å²) in [6.07, 6.45) is 3.32. The molecule has 0 aliphatic rings. The van der Waals surface area contributed by atoms with Crippen molar-refractivity contribution in [2.45, 2.75) is 6.92 Å². The van der Waals surface area contributed by atoms with E-state index in [2.05, 4.69) is 11.1 Å². The molecule has 0 N–H and O–H groups in total. The van der Waals surface area contributed by atoms with Crippen LogP contribution in [-0.4, -0.2) is 17.4 Å². The lowest BCUT2D eigenvalue weighted by Crippen LogP contribution is -1.98. The van der Waals surface area contributed by atoms with Gasteiger partial charge in [-0.15, -0.1) is 0 Å². The van der Waals surface area contributed by atoms with Gasteiger partial charge in [-0.2, -0.15) is 0 Å². The van der Waals surface area contributed by atoms with Crippen LogP contribution in [0, 0.1) is 0 Å². The molecule has 0 bridgehead atoms. The fourth-order valence-electron chi connectivity index (χ4n) is 4.04. The topological polar surface area (TPSA) is 39.2 Å². The minimum atomic E-state index is -0.0687. The molecule has 1 heterocycles. The third-order valence-electron chi connectivity index (χ3n) is 5.51. The first-order valence-electron chi connectivity index (χ1n) is 10.5. The van der Waals surface area contributed by atoms with Gasteiger partial charge in [0.15, 0.2) is 5.78 Å². The average Bonchev–Trinajstić information content (AvgIpc) is 2.81. The number of ketones is 1. The molecule has 1 aromatic heterocycles. The largest absolute Gasteiger partial charge is 0.494 e. The standard InChI is InChI=1S/C28H20ClNO2/c1-2-32-22-13-11-20-16-21(28(29)30-25(20)17-22)12-14-26(31)27-23-9-5-3-7-18(23)15-19-8-4-6-10-24(19)27/h3-17H,2H2,1H3. The molecule has 0 radical (unpaired) electrons. The molecule has 0 amide bonds. The highest BCUT2D eigenvalue weighted by atomic mass is 35.5. The number of hydrogen-bond acceptors (Lipinski definition) is 3. The van der Waals surface area contributed by atoms with Gasteiger partial charge < -0.3 is 4.74 Å². The van der Waals surface area contributed by atoms with E-state index in [0.29, 0.717) is 22.9 Å². The van der Waals surface area contributed by atoms with Crippen molar-refractivity contribution in [2.24, 2.45) is 0 Å². The molecule has 0 unspecified atom stereocenters. The van der Waals surface area contributed by atoms with Crippen molar-refractivity contribution in [3.63, 3.8) is 0 Å². The summed E-state index contributed by atoms with van der Waals surface area (Å²) in [6.45, 7) is 2.53. The van der Waals surface area contributed by atoms with Crippen molar-refractivity contribution in [3.05, 3.63) is 101 Å². The second-order valence-corrected chi connectivity index (χ2v) is 7.91. The first kappa shape index (κ1) is 20.2. The van der Waals surface area contributed by atoms with Crippen LogP contribution in [0.2, 0.25) is 5.15 Å². The fourth-order valence-corrected chi connectivity index (χ4v) is 4.25. The number of fused-ring (bicyclic) bond motifs is 3. The first-order valence-corrected chi connectivity index (χ1v) is 10.9. The van der Waals surface area contributed by atoms with E-state index in [1.807, 2.05) is 79.7 Å².